The smallest absolute Gasteiger partial charge is 0.248 e. The van der Waals surface area contributed by atoms with Gasteiger partial charge in [-0.05, 0) is 49.1 Å². The molecule has 0 aliphatic carbocycles. The lowest BCUT2D eigenvalue weighted by molar-refractivity contribution is 0.0999. The minimum atomic E-state index is -0.435. The van der Waals surface area contributed by atoms with Crippen LogP contribution in [-0.4, -0.2) is 37.6 Å². The third-order valence-corrected chi connectivity index (χ3v) is 4.58. The lowest BCUT2D eigenvalue weighted by Crippen LogP contribution is -2.36. The summed E-state index contributed by atoms with van der Waals surface area (Å²) >= 11 is 0. The van der Waals surface area contributed by atoms with Gasteiger partial charge in [0.05, 0.1) is 18.5 Å². The molecule has 1 aliphatic heterocycles. The van der Waals surface area contributed by atoms with Gasteiger partial charge in [0, 0.05) is 25.7 Å². The Bertz CT molecular complexity index is 710. The minimum absolute atomic E-state index is 0.435. The van der Waals surface area contributed by atoms with Crippen LogP contribution in [0.5, 0.6) is 5.75 Å². The largest absolute Gasteiger partial charge is 0.493 e. The zero-order chi connectivity index (χ0) is 17.6. The van der Waals surface area contributed by atoms with Crippen molar-refractivity contribution in [1.82, 2.24) is 4.98 Å². The molecular weight excluding hydrogens is 316 g/mol. The molecule has 3 N–H and O–H groups in total. The van der Waals surface area contributed by atoms with Crippen molar-refractivity contribution < 1.29 is 9.53 Å². The van der Waals surface area contributed by atoms with E-state index in [1.807, 2.05) is 25.4 Å². The highest BCUT2D eigenvalue weighted by Gasteiger charge is 2.20. The van der Waals surface area contributed by atoms with Gasteiger partial charge in [-0.15, -0.1) is 0 Å². The summed E-state index contributed by atoms with van der Waals surface area (Å²) in [7, 11) is 1.89. The van der Waals surface area contributed by atoms with E-state index in [4.69, 9.17) is 10.5 Å². The van der Waals surface area contributed by atoms with Crippen molar-refractivity contribution in [2.24, 2.45) is 11.7 Å². The fourth-order valence-corrected chi connectivity index (χ4v) is 3.00. The van der Waals surface area contributed by atoms with E-state index < -0.39 is 5.91 Å². The predicted octanol–water partition coefficient (Wildman–Crippen LogP) is 2.52. The van der Waals surface area contributed by atoms with Crippen molar-refractivity contribution in [3.05, 3.63) is 48.2 Å². The molecule has 6 heteroatoms. The van der Waals surface area contributed by atoms with Gasteiger partial charge in [0.15, 0.2) is 0 Å². The van der Waals surface area contributed by atoms with Gasteiger partial charge in [-0.3, -0.25) is 4.79 Å². The summed E-state index contributed by atoms with van der Waals surface area (Å²) in [4.78, 5) is 18.0. The Labute approximate surface area is 148 Å². The standard InChI is InChI=1S/C19H24N4O2/c1-21-16-5-6-18(22-12-16)23-9-7-14(8-10-23)13-25-17-4-2-3-15(11-17)19(20)24/h2-6,11-12,14,21H,7-10,13H2,1H3,(H2,20,24). The molecule has 0 atom stereocenters. The number of carbonyl (C=O) groups is 1. The van der Waals surface area contributed by atoms with Gasteiger partial charge in [-0.25, -0.2) is 4.98 Å². The van der Waals surface area contributed by atoms with Crippen LogP contribution >= 0.6 is 0 Å². The van der Waals surface area contributed by atoms with E-state index >= 15 is 0 Å². The van der Waals surface area contributed by atoms with Gasteiger partial charge < -0.3 is 20.7 Å². The lowest BCUT2D eigenvalue weighted by atomic mass is 9.98. The van der Waals surface area contributed by atoms with Gasteiger partial charge >= 0.3 is 0 Å². The van der Waals surface area contributed by atoms with E-state index in [-0.39, 0.29) is 0 Å². The van der Waals surface area contributed by atoms with Gasteiger partial charge in [0.1, 0.15) is 11.6 Å². The van der Waals surface area contributed by atoms with Crippen molar-refractivity contribution in [2.45, 2.75) is 12.8 Å². The summed E-state index contributed by atoms with van der Waals surface area (Å²) in [6.07, 6.45) is 3.98. The molecule has 1 aromatic carbocycles. The van der Waals surface area contributed by atoms with Crippen LogP contribution in [0.1, 0.15) is 23.2 Å². The number of rotatable bonds is 6. The molecule has 132 valence electrons. The molecule has 25 heavy (non-hydrogen) atoms. The highest BCUT2D eigenvalue weighted by atomic mass is 16.5. The minimum Gasteiger partial charge on any atom is -0.493 e. The summed E-state index contributed by atoms with van der Waals surface area (Å²) in [5.41, 5.74) is 6.79. The Kier molecular flexibility index (Phi) is 5.38. The molecular formula is C19H24N4O2. The first kappa shape index (κ1) is 17.1. The van der Waals surface area contributed by atoms with Crippen LogP contribution in [-0.2, 0) is 0 Å². The van der Waals surface area contributed by atoms with Crippen LogP contribution in [0.15, 0.2) is 42.6 Å². The molecule has 1 aromatic heterocycles. The molecule has 1 fully saturated rings. The normalized spacial score (nSPS) is 15.0. The summed E-state index contributed by atoms with van der Waals surface area (Å²) in [6, 6.07) is 11.1. The summed E-state index contributed by atoms with van der Waals surface area (Å²) < 4.78 is 5.86. The number of ether oxygens (including phenoxy) is 1. The molecule has 2 heterocycles. The second-order valence-electron chi connectivity index (χ2n) is 6.29. The molecule has 0 spiro atoms. The Balaban J connectivity index is 1.49. The van der Waals surface area contributed by atoms with Crippen molar-refractivity contribution in [1.29, 1.82) is 0 Å². The number of anilines is 2. The van der Waals surface area contributed by atoms with E-state index in [9.17, 15) is 4.79 Å². The molecule has 6 nitrogen and oxygen atoms in total. The number of nitrogens with two attached hydrogens (primary N) is 1. The van der Waals surface area contributed by atoms with Crippen molar-refractivity contribution in [3.63, 3.8) is 0 Å². The Morgan fingerprint density at radius 1 is 1.32 bits per heavy atom. The van der Waals surface area contributed by atoms with E-state index in [0.29, 0.717) is 23.8 Å². The van der Waals surface area contributed by atoms with E-state index in [1.165, 1.54) is 0 Å². The van der Waals surface area contributed by atoms with Crippen LogP contribution in [0.2, 0.25) is 0 Å². The van der Waals surface area contributed by atoms with Crippen LogP contribution in [0.4, 0.5) is 11.5 Å². The summed E-state index contributed by atoms with van der Waals surface area (Å²) in [5, 5.41) is 3.08. The topological polar surface area (TPSA) is 80.5 Å². The third-order valence-electron chi connectivity index (χ3n) is 4.58. The number of pyridine rings is 1. The maximum Gasteiger partial charge on any atom is 0.248 e. The Morgan fingerprint density at radius 3 is 2.76 bits per heavy atom. The van der Waals surface area contributed by atoms with Crippen molar-refractivity contribution in [2.75, 3.05) is 37.0 Å². The third kappa shape index (κ3) is 4.41. The molecule has 0 unspecified atom stereocenters. The number of carbonyl (C=O) groups excluding carboxylic acids is 1. The molecule has 1 saturated heterocycles. The molecule has 1 aliphatic rings. The average molecular weight is 340 g/mol. The monoisotopic (exact) mass is 340 g/mol. The first-order chi connectivity index (χ1) is 12.2. The van der Waals surface area contributed by atoms with E-state index in [2.05, 4.69) is 21.3 Å². The number of amides is 1. The quantitative estimate of drug-likeness (QED) is 0.844. The lowest BCUT2D eigenvalue weighted by Gasteiger charge is -2.32. The number of piperidine rings is 1. The number of hydrogen-bond donors (Lipinski definition) is 2. The van der Waals surface area contributed by atoms with Crippen molar-refractivity contribution in [3.8, 4) is 5.75 Å². The maximum atomic E-state index is 11.2. The van der Waals surface area contributed by atoms with Crippen molar-refractivity contribution >= 4 is 17.4 Å². The molecule has 1 amide bonds. The number of benzene rings is 1. The van der Waals surface area contributed by atoms with Crippen LogP contribution in [0, 0.1) is 5.92 Å². The second kappa shape index (κ2) is 7.88. The summed E-state index contributed by atoms with van der Waals surface area (Å²) in [5.74, 6) is 1.79. The maximum absolute atomic E-state index is 11.2. The predicted molar refractivity (Wildman–Crippen MR) is 99.2 cm³/mol. The highest BCUT2D eigenvalue weighted by molar-refractivity contribution is 5.93. The number of primary amides is 1. The van der Waals surface area contributed by atoms with Crippen LogP contribution in [0.25, 0.3) is 0 Å². The molecule has 2 aromatic rings. The summed E-state index contributed by atoms with van der Waals surface area (Å²) in [6.45, 7) is 2.60. The first-order valence-corrected chi connectivity index (χ1v) is 8.57. The zero-order valence-corrected chi connectivity index (χ0v) is 14.4. The highest BCUT2D eigenvalue weighted by Crippen LogP contribution is 2.24. The van der Waals surface area contributed by atoms with Crippen LogP contribution in [0.3, 0.4) is 0 Å². The first-order valence-electron chi connectivity index (χ1n) is 8.57. The Morgan fingerprint density at radius 2 is 2.12 bits per heavy atom. The molecule has 0 bridgehead atoms. The zero-order valence-electron chi connectivity index (χ0n) is 14.4. The fourth-order valence-electron chi connectivity index (χ4n) is 3.00. The fraction of sp³-hybridized carbons (Fsp3) is 0.368. The Hall–Kier alpha value is -2.76. The van der Waals surface area contributed by atoms with Gasteiger partial charge in [-0.2, -0.15) is 0 Å². The van der Waals surface area contributed by atoms with Gasteiger partial charge in [-0.1, -0.05) is 6.07 Å². The molecule has 0 saturated carbocycles. The van der Waals surface area contributed by atoms with Gasteiger partial charge in [0.25, 0.3) is 0 Å². The number of nitrogens with zero attached hydrogens (tertiary/aromatic N) is 2. The number of aromatic nitrogens is 1. The number of nitrogens with one attached hydrogen (secondary N) is 1. The molecule has 3 rings (SSSR count). The van der Waals surface area contributed by atoms with Crippen LogP contribution < -0.4 is 20.7 Å². The van der Waals surface area contributed by atoms with Gasteiger partial charge in [0.2, 0.25) is 5.91 Å². The average Bonchev–Trinajstić information content (AvgIpc) is 2.67. The molecule has 0 radical (unpaired) electrons. The van der Waals surface area contributed by atoms with E-state index in [0.717, 1.165) is 37.4 Å². The number of hydrogen-bond acceptors (Lipinski definition) is 5. The van der Waals surface area contributed by atoms with E-state index in [1.54, 1.807) is 18.2 Å². The second-order valence-corrected chi connectivity index (χ2v) is 6.29. The SMILES string of the molecule is CNc1ccc(N2CCC(COc3cccc(C(N)=O)c3)CC2)nc1.